The molecule has 0 aliphatic carbocycles. The highest BCUT2D eigenvalue weighted by Crippen LogP contribution is 2.24. The number of amides is 3. The van der Waals surface area contributed by atoms with E-state index in [4.69, 9.17) is 4.52 Å². The zero-order valence-corrected chi connectivity index (χ0v) is 21.9. The number of hydrogen-bond donors (Lipinski definition) is 3. The first-order chi connectivity index (χ1) is 19.3. The molecule has 1 aromatic heterocycles. The van der Waals surface area contributed by atoms with Gasteiger partial charge in [0.25, 0.3) is 17.5 Å². The molecule has 0 saturated heterocycles. The molecule has 0 atom stereocenters. The van der Waals surface area contributed by atoms with Crippen molar-refractivity contribution in [3.63, 3.8) is 0 Å². The third-order valence-corrected chi connectivity index (χ3v) is 6.31. The fraction of sp³-hybridized carbons (Fsp3) is 0.0714. The first-order valence-electron chi connectivity index (χ1n) is 11.9. The van der Waals surface area contributed by atoms with Crippen LogP contribution in [0.2, 0.25) is 0 Å². The van der Waals surface area contributed by atoms with Crippen molar-refractivity contribution in [1.82, 2.24) is 10.5 Å². The van der Waals surface area contributed by atoms with Gasteiger partial charge < -0.3 is 20.5 Å². The van der Waals surface area contributed by atoms with Crippen molar-refractivity contribution in [2.45, 2.75) is 11.8 Å². The predicted octanol–water partition coefficient (Wildman–Crippen LogP) is 5.03. The van der Waals surface area contributed by atoms with E-state index < -0.39 is 16.7 Å². The van der Waals surface area contributed by atoms with Gasteiger partial charge in [-0.3, -0.25) is 24.5 Å². The zero-order valence-electron chi connectivity index (χ0n) is 21.1. The molecule has 0 unspecified atom stereocenters. The Morgan fingerprint density at radius 1 is 0.975 bits per heavy atom. The molecule has 3 amide bonds. The van der Waals surface area contributed by atoms with Crippen LogP contribution in [0.5, 0.6) is 0 Å². The maximum absolute atomic E-state index is 13.3. The van der Waals surface area contributed by atoms with Crippen LogP contribution in [-0.4, -0.2) is 33.6 Å². The Kier molecular flexibility index (Phi) is 9.05. The molecular weight excluding hydrogens is 534 g/mol. The first-order valence-corrected chi connectivity index (χ1v) is 12.9. The maximum Gasteiger partial charge on any atom is 0.276 e. The summed E-state index contributed by atoms with van der Waals surface area (Å²) < 4.78 is 4.93. The molecule has 4 rings (SSSR count). The third kappa shape index (κ3) is 7.65. The summed E-state index contributed by atoms with van der Waals surface area (Å²) in [7, 11) is 0. The molecule has 3 aromatic carbocycles. The molecule has 0 saturated carbocycles. The first kappa shape index (κ1) is 27.8. The molecule has 40 heavy (non-hydrogen) atoms. The summed E-state index contributed by atoms with van der Waals surface area (Å²) in [5.74, 6) is -0.562. The Bertz CT molecular complexity index is 1580. The number of para-hydroxylation sites is 1. The minimum absolute atomic E-state index is 0.0826. The van der Waals surface area contributed by atoms with Gasteiger partial charge in [-0.2, -0.15) is 0 Å². The van der Waals surface area contributed by atoms with Gasteiger partial charge in [-0.25, -0.2) is 0 Å². The van der Waals surface area contributed by atoms with Crippen molar-refractivity contribution in [2.75, 3.05) is 16.4 Å². The van der Waals surface area contributed by atoms with Gasteiger partial charge in [-0.1, -0.05) is 41.6 Å². The van der Waals surface area contributed by atoms with Gasteiger partial charge in [0, 0.05) is 28.3 Å². The number of nitro benzene ring substituents is 1. The Labute approximate surface area is 232 Å². The van der Waals surface area contributed by atoms with E-state index in [9.17, 15) is 24.5 Å². The summed E-state index contributed by atoms with van der Waals surface area (Å²) >= 11 is 1.24. The fourth-order valence-corrected chi connectivity index (χ4v) is 4.24. The van der Waals surface area contributed by atoms with E-state index >= 15 is 0 Å². The van der Waals surface area contributed by atoms with Crippen LogP contribution in [0.3, 0.4) is 0 Å². The van der Waals surface area contributed by atoms with Gasteiger partial charge >= 0.3 is 0 Å². The number of aryl methyl sites for hydroxylation is 1. The van der Waals surface area contributed by atoms with E-state index in [0.717, 1.165) is 0 Å². The number of rotatable bonds is 10. The molecule has 202 valence electrons. The lowest BCUT2D eigenvalue weighted by Crippen LogP contribution is -2.30. The molecule has 0 fully saturated rings. The highest BCUT2D eigenvalue weighted by atomic mass is 32.2. The molecule has 0 aliphatic rings. The van der Waals surface area contributed by atoms with E-state index in [1.807, 2.05) is 0 Å². The van der Waals surface area contributed by atoms with E-state index in [2.05, 4.69) is 21.1 Å². The number of aromatic nitrogens is 1. The summed E-state index contributed by atoms with van der Waals surface area (Å²) in [5.41, 5.74) is 0.428. The monoisotopic (exact) mass is 557 g/mol. The number of hydrogen-bond acceptors (Lipinski definition) is 8. The smallest absolute Gasteiger partial charge is 0.276 e. The molecule has 12 heteroatoms. The average molecular weight is 558 g/mol. The molecule has 0 aliphatic heterocycles. The summed E-state index contributed by atoms with van der Waals surface area (Å²) in [6.45, 7) is 1.71. The Morgan fingerprint density at radius 2 is 1.73 bits per heavy atom. The normalized spacial score (nSPS) is 11.0. The number of benzene rings is 3. The second kappa shape index (κ2) is 13.0. The van der Waals surface area contributed by atoms with Crippen LogP contribution in [-0.2, 0) is 9.59 Å². The van der Waals surface area contributed by atoms with Crippen LogP contribution >= 0.6 is 11.8 Å². The van der Waals surface area contributed by atoms with Crippen LogP contribution in [0.25, 0.3) is 6.08 Å². The largest absolute Gasteiger partial charge is 0.360 e. The topological polar surface area (TPSA) is 156 Å². The van der Waals surface area contributed by atoms with Crippen molar-refractivity contribution in [3.8, 4) is 0 Å². The van der Waals surface area contributed by atoms with Crippen molar-refractivity contribution in [1.29, 1.82) is 0 Å². The van der Waals surface area contributed by atoms with Crippen molar-refractivity contribution in [2.24, 2.45) is 0 Å². The fourth-order valence-electron chi connectivity index (χ4n) is 3.49. The highest BCUT2D eigenvalue weighted by molar-refractivity contribution is 8.00. The third-order valence-electron chi connectivity index (χ3n) is 5.32. The lowest BCUT2D eigenvalue weighted by Gasteiger charge is -2.12. The number of carbonyl (C=O) groups excluding carboxylic acids is 3. The molecular formula is C28H23N5O6S. The summed E-state index contributed by atoms with van der Waals surface area (Å²) in [6.07, 6.45) is 1.25. The highest BCUT2D eigenvalue weighted by Gasteiger charge is 2.18. The Hall–Kier alpha value is -5.23. The molecule has 11 nitrogen and oxygen atoms in total. The molecule has 0 bridgehead atoms. The lowest BCUT2D eigenvalue weighted by atomic mass is 10.1. The number of nitro groups is 1. The molecule has 0 spiro atoms. The minimum atomic E-state index is -0.691. The summed E-state index contributed by atoms with van der Waals surface area (Å²) in [6, 6.07) is 22.5. The van der Waals surface area contributed by atoms with Gasteiger partial charge in [-0.05, 0) is 49.4 Å². The molecule has 3 N–H and O–H groups in total. The van der Waals surface area contributed by atoms with Gasteiger partial charge in [0.2, 0.25) is 5.91 Å². The van der Waals surface area contributed by atoms with Crippen molar-refractivity contribution in [3.05, 3.63) is 118 Å². The van der Waals surface area contributed by atoms with Gasteiger partial charge in [0.15, 0.2) is 5.82 Å². The summed E-state index contributed by atoms with van der Waals surface area (Å²) in [5, 5.41) is 23.1. The Balaban J connectivity index is 1.51. The van der Waals surface area contributed by atoms with Crippen LogP contribution in [0.4, 0.5) is 17.2 Å². The number of anilines is 2. The van der Waals surface area contributed by atoms with E-state index in [-0.39, 0.29) is 28.6 Å². The predicted molar refractivity (Wildman–Crippen MR) is 151 cm³/mol. The maximum atomic E-state index is 13.3. The van der Waals surface area contributed by atoms with Crippen LogP contribution in [0.15, 0.2) is 100 Å². The molecule has 1 heterocycles. The minimum Gasteiger partial charge on any atom is -0.360 e. The number of thioether (sulfide) groups is 1. The molecule has 0 radical (unpaired) electrons. The zero-order chi connectivity index (χ0) is 28.5. The van der Waals surface area contributed by atoms with E-state index in [1.54, 1.807) is 73.7 Å². The Morgan fingerprint density at radius 3 is 2.45 bits per heavy atom. The second-order valence-corrected chi connectivity index (χ2v) is 9.38. The second-order valence-electron chi connectivity index (χ2n) is 8.34. The van der Waals surface area contributed by atoms with Crippen LogP contribution in [0.1, 0.15) is 21.7 Å². The van der Waals surface area contributed by atoms with Gasteiger partial charge in [0.1, 0.15) is 11.5 Å². The van der Waals surface area contributed by atoms with E-state index in [1.165, 1.54) is 36.0 Å². The van der Waals surface area contributed by atoms with Gasteiger partial charge in [0.05, 0.1) is 16.2 Å². The van der Waals surface area contributed by atoms with Gasteiger partial charge in [-0.15, -0.1) is 11.8 Å². The summed E-state index contributed by atoms with van der Waals surface area (Å²) in [4.78, 5) is 50.0. The average Bonchev–Trinajstić information content (AvgIpc) is 3.36. The number of nitrogens with one attached hydrogen (secondary N) is 3. The van der Waals surface area contributed by atoms with Crippen molar-refractivity contribution < 1.29 is 23.8 Å². The quantitative estimate of drug-likeness (QED) is 0.106. The standard InChI is InChI=1S/C28H23N5O6S/c1-18-14-25(32-39-18)31-26(34)17-40-22-12-7-11-21(16-22)29-28(36)23(30-27(35)19-8-3-2-4-9-19)15-20-10-5-6-13-24(20)33(37)38/h2-16H,17H2,1H3,(H,29,36)(H,30,35)(H,31,32,34)/b23-15+. The number of carbonyl (C=O) groups is 3. The van der Waals surface area contributed by atoms with Crippen LogP contribution < -0.4 is 16.0 Å². The SMILES string of the molecule is Cc1cc(NC(=O)CSc2cccc(NC(=O)/C(=C\c3ccccc3[N+](=O)[O-])NC(=O)c3ccccc3)c2)no1. The van der Waals surface area contributed by atoms with E-state index in [0.29, 0.717) is 27.7 Å². The van der Waals surface area contributed by atoms with Crippen molar-refractivity contribution >= 4 is 52.8 Å². The number of nitrogens with zero attached hydrogens (tertiary/aromatic N) is 2. The lowest BCUT2D eigenvalue weighted by molar-refractivity contribution is -0.385. The molecule has 4 aromatic rings. The van der Waals surface area contributed by atoms with Crippen LogP contribution in [0, 0.1) is 17.0 Å².